The molecule has 0 bridgehead atoms. The smallest absolute Gasteiger partial charge is 0.746 e. The average Bonchev–Trinajstić information content (AvgIpc) is 1.57. The largest absolute Gasteiger partial charge is 1.00 e. The van der Waals surface area contributed by atoms with Gasteiger partial charge in [-0.25, -0.2) is 22.0 Å². The minimum absolute atomic E-state index is 0. The van der Waals surface area contributed by atoms with Gasteiger partial charge in [-0.3, -0.25) is 24.5 Å². The number of alkyl halides is 2. The number of fused-ring (bicyclic) bond motifs is 12. The number of rotatable bonds is 12. The Morgan fingerprint density at radius 3 is 1.71 bits per heavy atom. The Balaban J connectivity index is 0.000000167. The number of aliphatic hydroxyl groups is 7. The van der Waals surface area contributed by atoms with Crippen LogP contribution < -0.4 is 40.6 Å². The third-order valence-electron chi connectivity index (χ3n) is 22.8. The fraction of sp³-hybridized carbons (Fsp3) is 0.493. The number of benzene rings is 4. The second-order valence-electron chi connectivity index (χ2n) is 29.2. The predicted octanol–water partition coefficient (Wildman–Crippen LogP) is 6.46. The molecule has 13 rings (SSSR count). The van der Waals surface area contributed by atoms with Gasteiger partial charge in [0.15, 0.2) is 57.4 Å². The van der Waals surface area contributed by atoms with E-state index < -0.39 is 145 Å². The maximum absolute atomic E-state index is 17.5. The predicted molar refractivity (Wildman–Crippen MR) is 357 cm³/mol. The Labute approximate surface area is 604 Å². The number of nitrogens with two attached hydrogens (primary N) is 1. The molecule has 1 amide bonds. The second-order valence-corrected chi connectivity index (χ2v) is 32.9. The van der Waals surface area contributed by atoms with E-state index in [-0.39, 0.29) is 71.9 Å². The van der Waals surface area contributed by atoms with E-state index in [1.807, 2.05) is 61.5 Å². The number of carbonyl (C=O) groups excluding carboxylic acids is 5. The summed E-state index contributed by atoms with van der Waals surface area (Å²) in [4.78, 5) is 65.5. The Morgan fingerprint density at radius 1 is 0.707 bits per heavy atom. The van der Waals surface area contributed by atoms with Gasteiger partial charge in [0.2, 0.25) is 0 Å². The molecule has 526 valence electrons. The first-order valence-electron chi connectivity index (χ1n) is 32.7. The van der Waals surface area contributed by atoms with Crippen molar-refractivity contribution in [3.05, 3.63) is 156 Å². The molecule has 1 saturated heterocycles. The summed E-state index contributed by atoms with van der Waals surface area (Å²) in [6, 6.07) is 28.4. The van der Waals surface area contributed by atoms with Gasteiger partial charge in [0.1, 0.15) is 28.9 Å². The number of hydrogen-bond acceptors (Lipinski definition) is 21. The first-order chi connectivity index (χ1) is 45.9. The number of ether oxygens (including phenoxy) is 3. The maximum atomic E-state index is 17.5. The van der Waals surface area contributed by atoms with Crippen molar-refractivity contribution in [1.82, 2.24) is 0 Å². The number of nitrogens with one attached hydrogen (secondary N) is 1. The zero-order valence-electron chi connectivity index (χ0n) is 56.2. The molecule has 99 heavy (non-hydrogen) atoms. The molecule has 4 aromatic carbocycles. The van der Waals surface area contributed by atoms with Gasteiger partial charge in [0, 0.05) is 70.0 Å². The van der Waals surface area contributed by atoms with E-state index in [0.717, 1.165) is 25.1 Å². The molecular weight excluding hydrogens is 1350 g/mol. The standard InChI is InChI=1S/C34H36FNO6S.C21H27FO6.C18H21NO6S2.Na/c1-31-13-12-22(38)14-20(31)8-11-25-26-16-29-34(28(40)18-37,32(26,2)17-27(39)33(25,31)35)42-30(41-29)19-6-9-23(10-7-19)43-24-5-3-4-21(36)15-24;1-18-6-5-12(24)7-11(18)3-4-13-14-8-15(25)21(28,17(27)10-23)19(14,2)9-16(26)20(13,18)22;1-18(2,3)25-17(21)19-13-5-4-6-15(11-13)26-14-9-7-12(8-10-14)16(20)27(22,23)24;/h3-7,9-10,12-15,25-27,29-30,37,39H,8,11,16-18,36H2,1-2H3;5-7,13-16,23,25-26,28H,3-4,8-10H2,1-2H3;4-11,16,20H,1-3H3,(H,19,21)(H,22,23,24);/q;;;+1/p-1/t25-,26-,27-,29+,30+,31-,32-,33-,34+;13-,14-,15+,16-,18-,19-,20-,21-;;/m00../s1. The summed E-state index contributed by atoms with van der Waals surface area (Å²) in [5, 5.41) is 76.1. The molecule has 20 nitrogen and oxygen atoms in total. The Hall–Kier alpha value is -5.30. The van der Waals surface area contributed by atoms with Crippen LogP contribution in [0.4, 0.5) is 25.0 Å². The molecular formula is C73H83F2N2NaO18S3. The molecule has 7 fully saturated rings. The van der Waals surface area contributed by atoms with E-state index in [2.05, 4.69) is 5.32 Å². The number of hydrogen-bond donors (Lipinski definition) is 9. The third kappa shape index (κ3) is 12.9. The number of anilines is 2. The number of aliphatic hydroxyl groups excluding tert-OH is 6. The zero-order valence-corrected chi connectivity index (χ0v) is 60.7. The number of carbonyl (C=O) groups is 5. The van der Waals surface area contributed by atoms with Crippen LogP contribution in [0.15, 0.2) is 164 Å². The van der Waals surface area contributed by atoms with Crippen LogP contribution in [-0.4, -0.2) is 144 Å². The molecule has 4 aromatic rings. The van der Waals surface area contributed by atoms with E-state index in [9.17, 15) is 72.7 Å². The molecule has 8 aliphatic carbocycles. The van der Waals surface area contributed by atoms with Crippen molar-refractivity contribution in [2.45, 2.75) is 184 Å². The molecule has 6 saturated carbocycles. The average molecular weight is 1430 g/mol. The number of ketones is 4. The van der Waals surface area contributed by atoms with E-state index in [4.69, 9.17) is 19.9 Å². The van der Waals surface area contributed by atoms with Gasteiger partial charge in [-0.15, -0.1) is 0 Å². The van der Waals surface area contributed by atoms with Crippen LogP contribution in [0.5, 0.6) is 0 Å². The molecule has 9 aliphatic rings. The summed E-state index contributed by atoms with van der Waals surface area (Å²) in [5.74, 6) is -4.00. The molecule has 1 unspecified atom stereocenters. The van der Waals surface area contributed by atoms with Crippen LogP contribution in [0.25, 0.3) is 0 Å². The number of halogens is 2. The van der Waals surface area contributed by atoms with Crippen LogP contribution in [0, 0.1) is 45.3 Å². The summed E-state index contributed by atoms with van der Waals surface area (Å²) in [6.07, 6.45) is 4.19. The molecule has 26 heteroatoms. The third-order valence-corrected chi connectivity index (χ3v) is 25.6. The van der Waals surface area contributed by atoms with Gasteiger partial charge in [-0.1, -0.05) is 97.1 Å². The minimum Gasteiger partial charge on any atom is -0.746 e. The van der Waals surface area contributed by atoms with Crippen LogP contribution >= 0.6 is 23.5 Å². The van der Waals surface area contributed by atoms with Crippen LogP contribution in [0.2, 0.25) is 0 Å². The summed E-state index contributed by atoms with van der Waals surface area (Å²) in [7, 11) is -4.81. The second kappa shape index (κ2) is 27.7. The Kier molecular flexibility index (Phi) is 21.4. The van der Waals surface area contributed by atoms with Crippen molar-refractivity contribution >= 4 is 74.2 Å². The monoisotopic (exact) mass is 1430 g/mol. The van der Waals surface area contributed by atoms with Crippen LogP contribution in [0.3, 0.4) is 0 Å². The Bertz CT molecular complexity index is 4080. The van der Waals surface area contributed by atoms with Gasteiger partial charge in [0.05, 0.1) is 24.4 Å². The molecule has 0 radical (unpaired) electrons. The van der Waals surface area contributed by atoms with E-state index >= 15 is 8.78 Å². The fourth-order valence-electron chi connectivity index (χ4n) is 18.0. The molecule has 1 heterocycles. The van der Waals surface area contributed by atoms with E-state index in [0.29, 0.717) is 54.6 Å². The van der Waals surface area contributed by atoms with Crippen molar-refractivity contribution in [3.63, 3.8) is 0 Å². The number of Topliss-reactive ketones (excluding diaryl/α,β-unsaturated/α-hetero) is 2. The number of amides is 1. The van der Waals surface area contributed by atoms with Crippen LogP contribution in [0.1, 0.15) is 123 Å². The Morgan fingerprint density at radius 2 is 1.20 bits per heavy atom. The number of allylic oxidation sites excluding steroid dienone is 8. The summed E-state index contributed by atoms with van der Waals surface area (Å²) < 4.78 is 85.2. The quantitative estimate of drug-likeness (QED) is 0.0417. The maximum Gasteiger partial charge on any atom is 1.00 e. The minimum atomic E-state index is -4.81. The first kappa shape index (κ1) is 76.3. The van der Waals surface area contributed by atoms with Gasteiger partial charge in [0.25, 0.3) is 0 Å². The molecule has 18 atom stereocenters. The van der Waals surface area contributed by atoms with Gasteiger partial charge in [-0.2, -0.15) is 0 Å². The molecule has 0 aromatic heterocycles. The van der Waals surface area contributed by atoms with Gasteiger partial charge in [-0.05, 0) is 188 Å². The van der Waals surface area contributed by atoms with E-state index in [1.54, 1.807) is 89.7 Å². The van der Waals surface area contributed by atoms with Crippen molar-refractivity contribution in [2.75, 3.05) is 24.3 Å². The first-order valence-corrected chi connectivity index (χ1v) is 35.8. The summed E-state index contributed by atoms with van der Waals surface area (Å²) in [6.45, 7) is 10.6. The normalized spacial score (nSPS) is 36.3. The van der Waals surface area contributed by atoms with Crippen molar-refractivity contribution in [2.24, 2.45) is 45.3 Å². The molecule has 10 N–H and O–H groups in total. The van der Waals surface area contributed by atoms with E-state index in [1.165, 1.54) is 54.3 Å². The van der Waals surface area contributed by atoms with Gasteiger partial charge < -0.3 is 60.2 Å². The zero-order chi connectivity index (χ0) is 71.3. The van der Waals surface area contributed by atoms with Gasteiger partial charge >= 0.3 is 35.7 Å². The summed E-state index contributed by atoms with van der Waals surface area (Å²) in [5.41, 5.74) is -5.88. The molecule has 0 spiro atoms. The van der Waals surface area contributed by atoms with Crippen molar-refractivity contribution in [3.8, 4) is 0 Å². The SMILES string of the molecule is CC(C)(C)OC(=O)Nc1cccc(Sc2ccc(C(O)S(=O)(=O)[O-])cc2)c1.C[C@]12C=CC(=O)C=C1CC[C@H]1[C@@H]3C[C@@H](O)[C@](O)(C(=O)CO)[C@@]3(C)C[C@H](O)[C@@]12F.C[C@]12C=CC(=O)C=C1CC[C@H]1[C@@H]3C[C@H]4O[C@@H](c5ccc(Sc6cccc(N)c6)cc5)O[C@@]4(C(=O)CO)[C@@]3(C)C[C@H](O)[C@@]12F.[Na+]. The fourth-order valence-corrected chi connectivity index (χ4v) is 20.3. The topological polar surface area (TPSA) is 350 Å². The summed E-state index contributed by atoms with van der Waals surface area (Å²) >= 11 is 2.94. The van der Waals surface area contributed by atoms with Crippen LogP contribution in [-0.2, 0) is 43.5 Å². The number of nitrogen functional groups attached to an aromatic ring is 1. The molecule has 1 aliphatic heterocycles. The van der Waals surface area contributed by atoms with Crippen molar-refractivity contribution in [1.29, 1.82) is 0 Å². The van der Waals surface area contributed by atoms with Crippen molar-refractivity contribution < 1.29 is 125 Å².